The zero-order valence-corrected chi connectivity index (χ0v) is 13.5. The third kappa shape index (κ3) is 3.43. The van der Waals surface area contributed by atoms with E-state index in [1.807, 2.05) is 6.92 Å². The first-order chi connectivity index (χ1) is 9.38. The van der Waals surface area contributed by atoms with Crippen molar-refractivity contribution < 1.29 is 8.78 Å². The Morgan fingerprint density at radius 1 is 1.10 bits per heavy atom. The molecule has 0 heterocycles. The minimum absolute atomic E-state index is 0.0486. The Kier molecular flexibility index (Phi) is 4.89. The van der Waals surface area contributed by atoms with Gasteiger partial charge >= 0.3 is 0 Å². The maximum Gasteiger partial charge on any atom is 0.160 e. The molecule has 0 fully saturated rings. The molecule has 1 N–H and O–H groups in total. The van der Waals surface area contributed by atoms with E-state index in [2.05, 4.69) is 21.2 Å². The predicted molar refractivity (Wildman–Crippen MR) is 82.6 cm³/mol. The Balaban J connectivity index is 2.23. The highest BCUT2D eigenvalue weighted by Gasteiger charge is 2.11. The summed E-state index contributed by atoms with van der Waals surface area (Å²) in [6.45, 7) is 1.89. The van der Waals surface area contributed by atoms with Crippen molar-refractivity contribution in [2.45, 2.75) is 13.0 Å². The zero-order valence-electron chi connectivity index (χ0n) is 10.4. The molecule has 0 spiro atoms. The molecule has 20 heavy (non-hydrogen) atoms. The van der Waals surface area contributed by atoms with Crippen LogP contribution in [-0.4, -0.2) is 0 Å². The van der Waals surface area contributed by atoms with Crippen molar-refractivity contribution in [2.75, 3.05) is 5.32 Å². The molecular weight excluding hydrogens is 371 g/mol. The van der Waals surface area contributed by atoms with Crippen molar-refractivity contribution in [3.8, 4) is 0 Å². The average molecular weight is 381 g/mol. The van der Waals surface area contributed by atoms with Gasteiger partial charge in [0.1, 0.15) is 5.82 Å². The smallest absolute Gasteiger partial charge is 0.160 e. The number of benzene rings is 2. The maximum absolute atomic E-state index is 13.3. The highest BCUT2D eigenvalue weighted by molar-refractivity contribution is 9.10. The van der Waals surface area contributed by atoms with E-state index in [0.717, 1.165) is 5.56 Å². The summed E-state index contributed by atoms with van der Waals surface area (Å²) >= 11 is 14.6. The molecule has 0 bridgehead atoms. The van der Waals surface area contributed by atoms with Crippen molar-refractivity contribution in [1.29, 1.82) is 0 Å². The lowest BCUT2D eigenvalue weighted by atomic mass is 10.1. The molecule has 0 aromatic heterocycles. The van der Waals surface area contributed by atoms with Gasteiger partial charge in [0.05, 0.1) is 14.5 Å². The summed E-state index contributed by atoms with van der Waals surface area (Å²) in [4.78, 5) is 0. The largest absolute Gasteiger partial charge is 0.378 e. The first-order valence-electron chi connectivity index (χ1n) is 5.74. The summed E-state index contributed by atoms with van der Waals surface area (Å²) < 4.78 is 26.9. The summed E-state index contributed by atoms with van der Waals surface area (Å²) in [5.41, 5.74) is 1.46. The first-order valence-corrected chi connectivity index (χ1v) is 7.29. The topological polar surface area (TPSA) is 12.0 Å². The van der Waals surface area contributed by atoms with Gasteiger partial charge in [0.15, 0.2) is 5.82 Å². The molecule has 0 aliphatic carbocycles. The highest BCUT2D eigenvalue weighted by Crippen LogP contribution is 2.30. The van der Waals surface area contributed by atoms with Crippen LogP contribution in [0.3, 0.4) is 0 Å². The van der Waals surface area contributed by atoms with E-state index >= 15 is 0 Å². The van der Waals surface area contributed by atoms with Gasteiger partial charge in [-0.2, -0.15) is 0 Å². The lowest BCUT2D eigenvalue weighted by molar-refractivity contribution is 0.619. The van der Waals surface area contributed by atoms with Gasteiger partial charge in [-0.15, -0.1) is 0 Å². The summed E-state index contributed by atoms with van der Waals surface area (Å²) in [6.07, 6.45) is 0. The van der Waals surface area contributed by atoms with Crippen molar-refractivity contribution in [3.05, 3.63) is 62.0 Å². The van der Waals surface area contributed by atoms with E-state index in [1.165, 1.54) is 18.2 Å². The Morgan fingerprint density at radius 3 is 2.25 bits per heavy atom. The van der Waals surface area contributed by atoms with Gasteiger partial charge < -0.3 is 5.32 Å². The number of nitrogens with one attached hydrogen (secondary N) is 1. The van der Waals surface area contributed by atoms with Gasteiger partial charge in [-0.1, -0.05) is 29.3 Å². The number of halogens is 5. The van der Waals surface area contributed by atoms with E-state index in [9.17, 15) is 8.78 Å². The maximum atomic E-state index is 13.3. The molecule has 0 aliphatic rings. The molecule has 0 amide bonds. The number of hydrogen-bond acceptors (Lipinski definition) is 1. The van der Waals surface area contributed by atoms with Crippen molar-refractivity contribution in [2.24, 2.45) is 0 Å². The van der Waals surface area contributed by atoms with Gasteiger partial charge in [-0.3, -0.25) is 0 Å². The van der Waals surface area contributed by atoms with Crippen LogP contribution in [0.15, 0.2) is 34.8 Å². The molecule has 0 radical (unpaired) electrons. The second-order valence-electron chi connectivity index (χ2n) is 4.29. The molecule has 2 rings (SSSR count). The Hall–Kier alpha value is -0.840. The average Bonchev–Trinajstić information content (AvgIpc) is 2.39. The third-order valence-electron chi connectivity index (χ3n) is 2.81. The van der Waals surface area contributed by atoms with Crippen LogP contribution in [0.25, 0.3) is 0 Å². The standard InChI is InChI=1S/C14H10BrCl2F2N/c1-7(8-2-3-13(18)10(15)4-8)20-9-5-11(16)14(19)12(17)6-9/h2-7,20H,1H3. The SMILES string of the molecule is CC(Nc1cc(Cl)c(F)c(Cl)c1)c1ccc(F)c(Br)c1. The van der Waals surface area contributed by atoms with Crippen molar-refractivity contribution >= 4 is 44.8 Å². The van der Waals surface area contributed by atoms with Crippen LogP contribution >= 0.6 is 39.1 Å². The van der Waals surface area contributed by atoms with Gasteiger partial charge in [-0.05, 0) is 52.7 Å². The van der Waals surface area contributed by atoms with E-state index in [4.69, 9.17) is 23.2 Å². The predicted octanol–water partition coefficient (Wildman–Crippen LogP) is 6.21. The summed E-state index contributed by atoms with van der Waals surface area (Å²) in [7, 11) is 0. The molecule has 0 saturated heterocycles. The molecule has 1 nitrogen and oxygen atoms in total. The number of hydrogen-bond donors (Lipinski definition) is 1. The van der Waals surface area contributed by atoms with E-state index < -0.39 is 5.82 Å². The monoisotopic (exact) mass is 379 g/mol. The minimum atomic E-state index is -0.643. The summed E-state index contributed by atoms with van der Waals surface area (Å²) in [5.74, 6) is -0.968. The van der Waals surface area contributed by atoms with Crippen LogP contribution in [-0.2, 0) is 0 Å². The lowest BCUT2D eigenvalue weighted by Crippen LogP contribution is -2.07. The Morgan fingerprint density at radius 2 is 1.70 bits per heavy atom. The molecule has 2 aromatic rings. The van der Waals surface area contributed by atoms with Crippen LogP contribution in [0.5, 0.6) is 0 Å². The lowest BCUT2D eigenvalue weighted by Gasteiger charge is -2.17. The first kappa shape index (κ1) is 15.5. The van der Waals surface area contributed by atoms with Crippen LogP contribution in [0.2, 0.25) is 10.0 Å². The van der Waals surface area contributed by atoms with Crippen LogP contribution in [0, 0.1) is 11.6 Å². The Labute approximate surface area is 134 Å². The molecule has 2 aromatic carbocycles. The van der Waals surface area contributed by atoms with Gasteiger partial charge in [0.2, 0.25) is 0 Å². The molecule has 0 aliphatic heterocycles. The normalized spacial score (nSPS) is 12.3. The van der Waals surface area contributed by atoms with E-state index in [-0.39, 0.29) is 21.9 Å². The van der Waals surface area contributed by atoms with E-state index in [0.29, 0.717) is 10.2 Å². The van der Waals surface area contributed by atoms with Gasteiger partial charge in [0.25, 0.3) is 0 Å². The van der Waals surface area contributed by atoms with Gasteiger partial charge in [-0.25, -0.2) is 8.78 Å². The quantitative estimate of drug-likeness (QED) is 0.624. The zero-order chi connectivity index (χ0) is 14.9. The number of anilines is 1. The van der Waals surface area contributed by atoms with Gasteiger partial charge in [0, 0.05) is 11.7 Å². The fourth-order valence-electron chi connectivity index (χ4n) is 1.75. The fourth-order valence-corrected chi connectivity index (χ4v) is 2.64. The van der Waals surface area contributed by atoms with Crippen molar-refractivity contribution in [1.82, 2.24) is 0 Å². The fraction of sp³-hybridized carbons (Fsp3) is 0.143. The molecule has 1 unspecified atom stereocenters. The van der Waals surface area contributed by atoms with Crippen LogP contribution in [0.1, 0.15) is 18.5 Å². The molecule has 1 atom stereocenters. The highest BCUT2D eigenvalue weighted by atomic mass is 79.9. The van der Waals surface area contributed by atoms with Crippen LogP contribution in [0.4, 0.5) is 14.5 Å². The summed E-state index contributed by atoms with van der Waals surface area (Å²) in [5, 5.41) is 3.04. The molecule has 0 saturated carbocycles. The Bertz CT molecular complexity index is 626. The summed E-state index contributed by atoms with van der Waals surface area (Å²) in [6, 6.07) is 7.52. The van der Waals surface area contributed by atoms with Crippen LogP contribution < -0.4 is 5.32 Å². The number of rotatable bonds is 3. The minimum Gasteiger partial charge on any atom is -0.378 e. The molecule has 6 heteroatoms. The second kappa shape index (κ2) is 6.29. The molecular formula is C14H10BrCl2F2N. The second-order valence-corrected chi connectivity index (χ2v) is 5.96. The molecule has 106 valence electrons. The van der Waals surface area contributed by atoms with Crippen molar-refractivity contribution in [3.63, 3.8) is 0 Å². The van der Waals surface area contributed by atoms with E-state index in [1.54, 1.807) is 12.1 Å². The third-order valence-corrected chi connectivity index (χ3v) is 3.97.